The molecule has 66 valence electrons. The van der Waals surface area contributed by atoms with E-state index in [4.69, 9.17) is 0 Å². The second kappa shape index (κ2) is 2.00. The Morgan fingerprint density at radius 2 is 2.25 bits per heavy atom. The highest BCUT2D eigenvalue weighted by Crippen LogP contribution is 2.39. The zero-order valence-corrected chi connectivity index (χ0v) is 6.90. The molecule has 2 atom stereocenters. The van der Waals surface area contributed by atoms with E-state index in [0.29, 0.717) is 5.92 Å². The minimum atomic E-state index is -0.740. The second-order valence-corrected chi connectivity index (χ2v) is 3.97. The normalized spacial score (nSPS) is 55.2. The van der Waals surface area contributed by atoms with E-state index < -0.39 is 5.72 Å². The van der Waals surface area contributed by atoms with Gasteiger partial charge in [0, 0.05) is 12.1 Å². The van der Waals surface area contributed by atoms with Crippen LogP contribution in [0.2, 0.25) is 0 Å². The summed E-state index contributed by atoms with van der Waals surface area (Å²) in [6.45, 7) is 2.23. The van der Waals surface area contributed by atoms with Crippen molar-refractivity contribution >= 4 is 6.21 Å². The standard InChI is InChI=1S/C8H13N3O/c12-8-6-1-3-11(4-2-6)7(8)5-9-10-8/h5-7,10,12H,1-4H2. The highest BCUT2D eigenvalue weighted by atomic mass is 16.3. The van der Waals surface area contributed by atoms with E-state index in [1.54, 1.807) is 0 Å². The smallest absolute Gasteiger partial charge is 0.174 e. The van der Waals surface area contributed by atoms with E-state index in [9.17, 15) is 5.11 Å². The number of hydrazone groups is 1. The maximum atomic E-state index is 10.2. The molecule has 2 N–H and O–H groups in total. The molecule has 2 bridgehead atoms. The summed E-state index contributed by atoms with van der Waals surface area (Å²) in [4.78, 5) is 2.31. The van der Waals surface area contributed by atoms with Crippen LogP contribution < -0.4 is 5.43 Å². The molecule has 0 aromatic heterocycles. The Hall–Kier alpha value is -0.610. The summed E-state index contributed by atoms with van der Waals surface area (Å²) < 4.78 is 0. The van der Waals surface area contributed by atoms with Crippen molar-refractivity contribution in [1.82, 2.24) is 10.3 Å². The molecule has 4 heteroatoms. The summed E-state index contributed by atoms with van der Waals surface area (Å²) in [6, 6.07) is 0.130. The van der Waals surface area contributed by atoms with Gasteiger partial charge in [0.05, 0.1) is 6.04 Å². The molecule has 2 unspecified atom stereocenters. The first-order valence-corrected chi connectivity index (χ1v) is 4.57. The fourth-order valence-corrected chi connectivity index (χ4v) is 2.71. The molecule has 4 aliphatic rings. The van der Waals surface area contributed by atoms with Gasteiger partial charge < -0.3 is 5.11 Å². The summed E-state index contributed by atoms with van der Waals surface area (Å²) in [7, 11) is 0. The highest BCUT2D eigenvalue weighted by molar-refractivity contribution is 5.69. The third kappa shape index (κ3) is 0.630. The Kier molecular flexibility index (Phi) is 1.14. The van der Waals surface area contributed by atoms with Crippen molar-refractivity contribution in [2.75, 3.05) is 13.1 Å². The third-order valence-electron chi connectivity index (χ3n) is 3.46. The van der Waals surface area contributed by atoms with Crippen LogP contribution in [-0.4, -0.2) is 41.1 Å². The van der Waals surface area contributed by atoms with Gasteiger partial charge in [-0.25, -0.2) is 0 Å². The number of hydrogen-bond acceptors (Lipinski definition) is 4. The first-order valence-electron chi connectivity index (χ1n) is 4.57. The van der Waals surface area contributed by atoms with Gasteiger partial charge in [-0.05, 0) is 25.9 Å². The van der Waals surface area contributed by atoms with Crippen LogP contribution in [0.3, 0.4) is 0 Å². The van der Waals surface area contributed by atoms with Gasteiger partial charge in [0.15, 0.2) is 5.72 Å². The van der Waals surface area contributed by atoms with Crippen LogP contribution in [0, 0.1) is 5.92 Å². The maximum absolute atomic E-state index is 10.2. The quantitative estimate of drug-likeness (QED) is 0.504. The SMILES string of the molecule is OC12NN=CC1N1CCC2CC1. The minimum absolute atomic E-state index is 0.130. The van der Waals surface area contributed by atoms with Crippen LogP contribution in [0.5, 0.6) is 0 Å². The summed E-state index contributed by atoms with van der Waals surface area (Å²) in [6.07, 6.45) is 4.04. The van der Waals surface area contributed by atoms with Crippen molar-refractivity contribution in [3.63, 3.8) is 0 Å². The topological polar surface area (TPSA) is 47.9 Å². The summed E-state index contributed by atoms with van der Waals surface area (Å²) in [5.74, 6) is 0.398. The number of nitrogens with zero attached hydrogens (tertiary/aromatic N) is 2. The lowest BCUT2D eigenvalue weighted by Gasteiger charge is -2.51. The predicted molar refractivity (Wildman–Crippen MR) is 44.7 cm³/mol. The summed E-state index contributed by atoms with van der Waals surface area (Å²) in [5.41, 5.74) is 2.11. The number of nitrogens with one attached hydrogen (secondary N) is 1. The third-order valence-corrected chi connectivity index (χ3v) is 3.46. The number of piperidine rings is 3. The molecule has 12 heavy (non-hydrogen) atoms. The van der Waals surface area contributed by atoms with Crippen LogP contribution in [-0.2, 0) is 0 Å². The van der Waals surface area contributed by atoms with E-state index >= 15 is 0 Å². The second-order valence-electron chi connectivity index (χ2n) is 3.97. The average molecular weight is 167 g/mol. The molecule has 0 aromatic carbocycles. The Labute approximate surface area is 71.2 Å². The Morgan fingerprint density at radius 3 is 2.92 bits per heavy atom. The molecule has 0 amide bonds. The number of hydrogen-bond donors (Lipinski definition) is 2. The van der Waals surface area contributed by atoms with Gasteiger partial charge in [0.25, 0.3) is 0 Å². The summed E-state index contributed by atoms with van der Waals surface area (Å²) in [5, 5.41) is 14.2. The number of rotatable bonds is 0. The van der Waals surface area contributed by atoms with Gasteiger partial charge in [0.1, 0.15) is 0 Å². The zero-order chi connectivity index (χ0) is 8.18. The minimum Gasteiger partial charge on any atom is -0.368 e. The summed E-state index contributed by atoms with van der Waals surface area (Å²) >= 11 is 0. The van der Waals surface area contributed by atoms with Crippen LogP contribution in [0.1, 0.15) is 12.8 Å². The lowest BCUT2D eigenvalue weighted by molar-refractivity contribution is -0.143. The van der Waals surface area contributed by atoms with E-state index in [1.165, 1.54) is 0 Å². The van der Waals surface area contributed by atoms with Crippen LogP contribution >= 0.6 is 0 Å². The monoisotopic (exact) mass is 167 g/mol. The first kappa shape index (κ1) is 6.86. The molecule has 4 heterocycles. The Bertz CT molecular complexity index is 234. The fourth-order valence-electron chi connectivity index (χ4n) is 2.71. The van der Waals surface area contributed by atoms with Gasteiger partial charge in [-0.3, -0.25) is 10.3 Å². The number of fused-ring (bicyclic) bond motifs is 2. The van der Waals surface area contributed by atoms with Crippen LogP contribution in [0.25, 0.3) is 0 Å². The largest absolute Gasteiger partial charge is 0.368 e. The maximum Gasteiger partial charge on any atom is 0.174 e. The van der Waals surface area contributed by atoms with E-state index in [0.717, 1.165) is 25.9 Å². The average Bonchev–Trinajstić information content (AvgIpc) is 2.51. The fraction of sp³-hybridized carbons (Fsp3) is 0.875. The molecule has 0 saturated carbocycles. The van der Waals surface area contributed by atoms with Crippen molar-refractivity contribution in [3.05, 3.63) is 0 Å². The van der Waals surface area contributed by atoms with Gasteiger partial charge in [0.2, 0.25) is 0 Å². The van der Waals surface area contributed by atoms with Gasteiger partial charge in [-0.2, -0.15) is 5.10 Å². The van der Waals surface area contributed by atoms with Crippen molar-refractivity contribution in [1.29, 1.82) is 0 Å². The van der Waals surface area contributed by atoms with Gasteiger partial charge >= 0.3 is 0 Å². The molecule has 4 nitrogen and oxygen atoms in total. The molecule has 3 saturated heterocycles. The molecule has 0 radical (unpaired) electrons. The highest BCUT2D eigenvalue weighted by Gasteiger charge is 2.54. The van der Waals surface area contributed by atoms with Crippen LogP contribution in [0.4, 0.5) is 0 Å². The lowest BCUT2D eigenvalue weighted by Crippen LogP contribution is -2.68. The van der Waals surface area contributed by atoms with Crippen molar-refractivity contribution < 1.29 is 5.11 Å². The Morgan fingerprint density at radius 1 is 1.50 bits per heavy atom. The van der Waals surface area contributed by atoms with Crippen molar-refractivity contribution in [2.45, 2.75) is 24.6 Å². The molecule has 4 aliphatic heterocycles. The number of aliphatic hydroxyl groups is 1. The van der Waals surface area contributed by atoms with Crippen molar-refractivity contribution in [2.24, 2.45) is 11.0 Å². The van der Waals surface area contributed by atoms with E-state index in [1.807, 2.05) is 6.21 Å². The lowest BCUT2D eigenvalue weighted by atomic mass is 9.77. The molecule has 0 aliphatic carbocycles. The zero-order valence-electron chi connectivity index (χ0n) is 6.90. The van der Waals surface area contributed by atoms with Gasteiger partial charge in [-0.1, -0.05) is 0 Å². The molecule has 0 spiro atoms. The molecule has 3 fully saturated rings. The van der Waals surface area contributed by atoms with Crippen LogP contribution in [0.15, 0.2) is 5.10 Å². The predicted octanol–water partition coefficient (Wildman–Crippen LogP) is -0.642. The van der Waals surface area contributed by atoms with Crippen molar-refractivity contribution in [3.8, 4) is 0 Å². The first-order chi connectivity index (χ1) is 5.81. The van der Waals surface area contributed by atoms with E-state index in [2.05, 4.69) is 15.4 Å². The molecular weight excluding hydrogens is 154 g/mol. The Balaban J connectivity index is 2.01. The molecular formula is C8H13N3O. The van der Waals surface area contributed by atoms with E-state index in [-0.39, 0.29) is 6.04 Å². The van der Waals surface area contributed by atoms with Gasteiger partial charge in [-0.15, -0.1) is 0 Å². The molecule has 4 rings (SSSR count). The molecule has 0 aromatic rings.